The van der Waals surface area contributed by atoms with Gasteiger partial charge >= 0.3 is 0 Å². The fraction of sp³-hybridized carbons (Fsp3) is 0.455. The Morgan fingerprint density at radius 1 is 1.39 bits per heavy atom. The minimum atomic E-state index is -0.627. The molecule has 2 heterocycles. The SMILES string of the molecule is C[C@H]1[C@H](C(=O)NCc2nc(-c3ccc(C#N)cc3)cs2)CCCN1C(=O)COCCF. The third kappa shape index (κ3) is 5.87. The summed E-state index contributed by atoms with van der Waals surface area (Å²) in [6.45, 7) is 1.86. The van der Waals surface area contributed by atoms with Gasteiger partial charge in [0.05, 0.1) is 36.4 Å². The summed E-state index contributed by atoms with van der Waals surface area (Å²) in [7, 11) is 0. The van der Waals surface area contributed by atoms with Gasteiger partial charge in [-0.05, 0) is 31.9 Å². The molecule has 3 rings (SSSR count). The van der Waals surface area contributed by atoms with Gasteiger partial charge in [-0.25, -0.2) is 9.37 Å². The van der Waals surface area contributed by atoms with Crippen molar-refractivity contribution in [3.05, 3.63) is 40.2 Å². The van der Waals surface area contributed by atoms with Crippen LogP contribution in [0.5, 0.6) is 0 Å². The molecule has 2 atom stereocenters. The van der Waals surface area contributed by atoms with E-state index in [-0.39, 0.29) is 37.0 Å². The average molecular weight is 445 g/mol. The topological polar surface area (TPSA) is 95.3 Å². The van der Waals surface area contributed by atoms with E-state index >= 15 is 0 Å². The van der Waals surface area contributed by atoms with Crippen molar-refractivity contribution in [3.63, 3.8) is 0 Å². The third-order valence-corrected chi connectivity index (χ3v) is 6.22. The highest BCUT2D eigenvalue weighted by Gasteiger charge is 2.35. The molecule has 0 aliphatic carbocycles. The van der Waals surface area contributed by atoms with Crippen LogP contribution in [-0.2, 0) is 20.9 Å². The quantitative estimate of drug-likeness (QED) is 0.632. The zero-order chi connectivity index (χ0) is 22.2. The van der Waals surface area contributed by atoms with Crippen LogP contribution >= 0.6 is 11.3 Å². The molecule has 0 spiro atoms. The number of thiazole rings is 1. The number of carbonyl (C=O) groups is 2. The Labute approximate surface area is 184 Å². The molecule has 1 aromatic heterocycles. The van der Waals surface area contributed by atoms with Gasteiger partial charge in [-0.1, -0.05) is 12.1 Å². The largest absolute Gasteiger partial charge is 0.369 e. The van der Waals surface area contributed by atoms with Crippen LogP contribution < -0.4 is 5.32 Å². The molecule has 1 aromatic carbocycles. The maximum atomic E-state index is 12.8. The lowest BCUT2D eigenvalue weighted by Crippen LogP contribution is -2.52. The van der Waals surface area contributed by atoms with E-state index < -0.39 is 6.67 Å². The number of rotatable bonds is 8. The molecule has 1 fully saturated rings. The number of hydrogen-bond donors (Lipinski definition) is 1. The van der Waals surface area contributed by atoms with E-state index in [1.54, 1.807) is 17.0 Å². The summed E-state index contributed by atoms with van der Waals surface area (Å²) >= 11 is 1.46. The number of carbonyl (C=O) groups excluding carboxylic acids is 2. The summed E-state index contributed by atoms with van der Waals surface area (Å²) in [5.74, 6) is -0.632. The number of halogens is 1. The molecule has 0 unspecified atom stereocenters. The third-order valence-electron chi connectivity index (χ3n) is 5.37. The van der Waals surface area contributed by atoms with E-state index in [2.05, 4.69) is 16.4 Å². The molecule has 7 nitrogen and oxygen atoms in total. The zero-order valence-electron chi connectivity index (χ0n) is 17.3. The number of piperidine rings is 1. The molecule has 2 aromatic rings. The first-order valence-corrected chi connectivity index (χ1v) is 11.1. The monoisotopic (exact) mass is 444 g/mol. The number of amides is 2. The normalized spacial score (nSPS) is 18.4. The Balaban J connectivity index is 1.54. The van der Waals surface area contributed by atoms with Crippen LogP contribution in [0.25, 0.3) is 11.3 Å². The molecule has 0 saturated carbocycles. The van der Waals surface area contributed by atoms with Crippen molar-refractivity contribution in [1.29, 1.82) is 5.26 Å². The number of nitrogens with zero attached hydrogens (tertiary/aromatic N) is 3. The highest BCUT2D eigenvalue weighted by atomic mass is 32.1. The van der Waals surface area contributed by atoms with Crippen molar-refractivity contribution in [3.8, 4) is 17.3 Å². The summed E-state index contributed by atoms with van der Waals surface area (Å²) < 4.78 is 17.2. The predicted octanol–water partition coefficient (Wildman–Crippen LogP) is 2.91. The average Bonchev–Trinajstić information content (AvgIpc) is 3.27. The van der Waals surface area contributed by atoms with E-state index in [0.29, 0.717) is 25.1 Å². The fourth-order valence-electron chi connectivity index (χ4n) is 3.68. The standard InChI is InChI=1S/C22H25FN4O3S/c1-15-18(3-2-9-27(15)21(28)13-30-10-8-23)22(29)25-12-20-26-19(14-31-20)17-6-4-16(11-24)5-7-17/h4-7,14-15,18H,2-3,8-10,12-13H2,1H3,(H,25,29)/t15-,18+/m0/s1. The van der Waals surface area contributed by atoms with Crippen molar-refractivity contribution in [2.24, 2.45) is 5.92 Å². The van der Waals surface area contributed by atoms with Crippen LogP contribution in [0, 0.1) is 17.2 Å². The number of aromatic nitrogens is 1. The molecule has 1 N–H and O–H groups in total. The molecule has 164 valence electrons. The first-order valence-electron chi connectivity index (χ1n) is 10.2. The van der Waals surface area contributed by atoms with Crippen molar-refractivity contribution in [1.82, 2.24) is 15.2 Å². The number of alkyl halides is 1. The van der Waals surface area contributed by atoms with E-state index in [1.807, 2.05) is 24.4 Å². The minimum absolute atomic E-state index is 0.101. The predicted molar refractivity (Wildman–Crippen MR) is 115 cm³/mol. The Bertz CT molecular complexity index is 941. The maximum absolute atomic E-state index is 12.8. The summed E-state index contributed by atoms with van der Waals surface area (Å²) in [6, 6.07) is 9.03. The first-order chi connectivity index (χ1) is 15.0. The number of ether oxygens (including phenoxy) is 1. The smallest absolute Gasteiger partial charge is 0.248 e. The molecule has 0 radical (unpaired) electrons. The Hall–Kier alpha value is -2.83. The van der Waals surface area contributed by atoms with Gasteiger partial charge in [-0.15, -0.1) is 11.3 Å². The molecule has 9 heteroatoms. The van der Waals surface area contributed by atoms with Crippen molar-refractivity contribution in [2.45, 2.75) is 32.4 Å². The van der Waals surface area contributed by atoms with Crippen LogP contribution in [0.2, 0.25) is 0 Å². The number of nitrogens with one attached hydrogen (secondary N) is 1. The molecule has 31 heavy (non-hydrogen) atoms. The molecule has 1 aliphatic heterocycles. The van der Waals surface area contributed by atoms with Gasteiger partial charge < -0.3 is 15.0 Å². The summed E-state index contributed by atoms with van der Waals surface area (Å²) in [6.07, 6.45) is 1.44. The number of likely N-dealkylation sites (tertiary alicyclic amines) is 1. The second-order valence-electron chi connectivity index (χ2n) is 7.35. The van der Waals surface area contributed by atoms with Gasteiger partial charge in [0.1, 0.15) is 18.3 Å². The highest BCUT2D eigenvalue weighted by molar-refractivity contribution is 7.09. The first kappa shape index (κ1) is 22.8. The van der Waals surface area contributed by atoms with Gasteiger partial charge in [0, 0.05) is 23.5 Å². The van der Waals surface area contributed by atoms with Crippen LogP contribution in [0.4, 0.5) is 4.39 Å². The van der Waals surface area contributed by atoms with Crippen LogP contribution in [0.1, 0.15) is 30.3 Å². The fourth-order valence-corrected chi connectivity index (χ4v) is 4.42. The van der Waals surface area contributed by atoms with Crippen LogP contribution in [-0.4, -0.2) is 54.2 Å². The molecule has 1 aliphatic rings. The Morgan fingerprint density at radius 2 is 2.16 bits per heavy atom. The summed E-state index contributed by atoms with van der Waals surface area (Å²) in [5.41, 5.74) is 2.31. The lowest BCUT2D eigenvalue weighted by Gasteiger charge is -2.38. The van der Waals surface area contributed by atoms with Gasteiger partial charge in [0.25, 0.3) is 0 Å². The Kier molecular flexibility index (Phi) is 8.09. The lowest BCUT2D eigenvalue weighted by atomic mass is 9.89. The van der Waals surface area contributed by atoms with E-state index in [4.69, 9.17) is 10.00 Å². The summed E-state index contributed by atoms with van der Waals surface area (Å²) in [5, 5.41) is 14.5. The van der Waals surface area contributed by atoms with Crippen molar-refractivity contribution >= 4 is 23.2 Å². The molecular formula is C22H25FN4O3S. The molecule has 1 saturated heterocycles. The minimum Gasteiger partial charge on any atom is -0.369 e. The second-order valence-corrected chi connectivity index (χ2v) is 8.29. The maximum Gasteiger partial charge on any atom is 0.248 e. The van der Waals surface area contributed by atoms with E-state index in [1.165, 1.54) is 11.3 Å². The highest BCUT2D eigenvalue weighted by Crippen LogP contribution is 2.25. The van der Waals surface area contributed by atoms with Gasteiger partial charge in [0.15, 0.2) is 0 Å². The summed E-state index contributed by atoms with van der Waals surface area (Å²) in [4.78, 5) is 31.3. The number of hydrogen-bond acceptors (Lipinski definition) is 6. The number of benzene rings is 1. The second kappa shape index (κ2) is 11.0. The van der Waals surface area contributed by atoms with Crippen LogP contribution in [0.15, 0.2) is 29.6 Å². The van der Waals surface area contributed by atoms with E-state index in [9.17, 15) is 14.0 Å². The van der Waals surface area contributed by atoms with Gasteiger partial charge in [0.2, 0.25) is 11.8 Å². The van der Waals surface area contributed by atoms with Crippen molar-refractivity contribution < 1.29 is 18.7 Å². The Morgan fingerprint density at radius 3 is 2.87 bits per heavy atom. The molecule has 2 amide bonds. The zero-order valence-corrected chi connectivity index (χ0v) is 18.2. The molecular weight excluding hydrogens is 419 g/mol. The number of nitriles is 1. The van der Waals surface area contributed by atoms with Crippen molar-refractivity contribution in [2.75, 3.05) is 26.4 Å². The van der Waals surface area contributed by atoms with Gasteiger partial charge in [-0.2, -0.15) is 5.26 Å². The van der Waals surface area contributed by atoms with Gasteiger partial charge in [-0.3, -0.25) is 9.59 Å². The molecule has 0 bridgehead atoms. The lowest BCUT2D eigenvalue weighted by molar-refractivity contribution is -0.143. The van der Waals surface area contributed by atoms with Crippen LogP contribution in [0.3, 0.4) is 0 Å². The van der Waals surface area contributed by atoms with E-state index in [0.717, 1.165) is 22.7 Å².